The summed E-state index contributed by atoms with van der Waals surface area (Å²) in [7, 11) is 0. The third kappa shape index (κ3) is 6.72. The van der Waals surface area contributed by atoms with Crippen LogP contribution < -0.4 is 10.6 Å². The highest BCUT2D eigenvalue weighted by molar-refractivity contribution is 8.03. The number of aliphatic imine (C=N–C) groups is 1. The lowest BCUT2D eigenvalue weighted by atomic mass is 10.0. The second-order valence-corrected chi connectivity index (χ2v) is 9.07. The molecule has 0 saturated carbocycles. The number of alkyl carbamates (subject to hydrolysis) is 1. The Morgan fingerprint density at radius 2 is 1.87 bits per heavy atom. The highest BCUT2D eigenvalue weighted by Crippen LogP contribution is 2.28. The second kappa shape index (κ2) is 9.83. The maximum absolute atomic E-state index is 12.0. The summed E-state index contributed by atoms with van der Waals surface area (Å²) in [6.07, 6.45) is 3.10. The zero-order valence-corrected chi connectivity index (χ0v) is 19.1. The summed E-state index contributed by atoms with van der Waals surface area (Å²) < 4.78 is 5.30. The van der Waals surface area contributed by atoms with Gasteiger partial charge in [0.2, 0.25) is 0 Å². The molecule has 0 unspecified atom stereocenters. The predicted octanol–water partition coefficient (Wildman–Crippen LogP) is 5.21. The summed E-state index contributed by atoms with van der Waals surface area (Å²) in [5, 5.41) is 8.10. The Bertz CT molecular complexity index is 1010. The van der Waals surface area contributed by atoms with E-state index in [1.807, 2.05) is 52.0 Å². The number of benzene rings is 1. The van der Waals surface area contributed by atoms with Gasteiger partial charge in [0.1, 0.15) is 11.4 Å². The zero-order valence-electron chi connectivity index (χ0n) is 18.3. The number of pyridine rings is 1. The third-order valence-corrected chi connectivity index (χ3v) is 5.23. The summed E-state index contributed by atoms with van der Waals surface area (Å²) in [5.74, 6) is 1.49. The molecule has 1 aromatic carbocycles. The van der Waals surface area contributed by atoms with E-state index in [1.165, 1.54) is 0 Å². The Morgan fingerprint density at radius 1 is 1.16 bits per heavy atom. The fourth-order valence-corrected chi connectivity index (χ4v) is 3.59. The number of ether oxygens (including phenoxy) is 1. The minimum Gasteiger partial charge on any atom is -0.444 e. The van der Waals surface area contributed by atoms with Gasteiger partial charge in [-0.05, 0) is 62.4 Å². The van der Waals surface area contributed by atoms with Crippen molar-refractivity contribution in [3.63, 3.8) is 0 Å². The maximum atomic E-state index is 12.0. The molecule has 2 N–H and O–H groups in total. The number of nitrogens with zero attached hydrogens (tertiary/aromatic N) is 2. The Balaban J connectivity index is 1.67. The fourth-order valence-electron chi connectivity index (χ4n) is 2.87. The van der Waals surface area contributed by atoms with Crippen molar-refractivity contribution in [2.24, 2.45) is 4.99 Å². The second-order valence-electron chi connectivity index (χ2n) is 8.21. The van der Waals surface area contributed by atoms with E-state index in [-0.39, 0.29) is 6.04 Å². The molecule has 0 radical (unpaired) electrons. The summed E-state index contributed by atoms with van der Waals surface area (Å²) in [4.78, 5) is 20.9. The molecule has 0 spiro atoms. The summed E-state index contributed by atoms with van der Waals surface area (Å²) in [6, 6.07) is 11.9. The first kappa shape index (κ1) is 22.6. The number of thioether (sulfide) groups is 1. The van der Waals surface area contributed by atoms with E-state index in [4.69, 9.17) is 9.73 Å². The molecule has 0 bridgehead atoms. The Labute approximate surface area is 187 Å². The Kier molecular flexibility index (Phi) is 7.17. The minimum absolute atomic E-state index is 0.313. The molecule has 3 rings (SSSR count). The van der Waals surface area contributed by atoms with Gasteiger partial charge in [-0.3, -0.25) is 4.98 Å². The van der Waals surface area contributed by atoms with Crippen molar-refractivity contribution >= 4 is 29.4 Å². The van der Waals surface area contributed by atoms with Gasteiger partial charge in [-0.2, -0.15) is 0 Å². The molecule has 2 heterocycles. The fraction of sp³-hybridized carbons (Fsp3) is 0.292. The molecule has 31 heavy (non-hydrogen) atoms. The molecule has 2 aromatic rings. The van der Waals surface area contributed by atoms with Gasteiger partial charge in [-0.1, -0.05) is 24.8 Å². The molecule has 1 aromatic heterocycles. The van der Waals surface area contributed by atoms with E-state index in [0.29, 0.717) is 11.4 Å². The van der Waals surface area contributed by atoms with Crippen molar-refractivity contribution in [2.75, 3.05) is 5.75 Å². The topological polar surface area (TPSA) is 75.6 Å². The third-order valence-electron chi connectivity index (χ3n) is 4.40. The number of rotatable bonds is 5. The van der Waals surface area contributed by atoms with Crippen LogP contribution in [-0.4, -0.2) is 34.3 Å². The standard InChI is InChI=1S/C24H28N4O2S/c1-16(17(2)27-23(29)30-24(3,4)5)26-22-15-31-14-21(28-22)20-8-6-7-19(13-20)18-9-11-25-12-10-18/h6-14,17H,1,15H2,2-5H3,(H,26,28)(H,27,29)/t17-/m0/s1. The molecular weight excluding hydrogens is 408 g/mol. The smallest absolute Gasteiger partial charge is 0.408 e. The molecule has 1 atom stereocenters. The van der Waals surface area contributed by atoms with E-state index >= 15 is 0 Å². The molecule has 0 aliphatic carbocycles. The quantitative estimate of drug-likeness (QED) is 0.673. The van der Waals surface area contributed by atoms with Gasteiger partial charge < -0.3 is 15.4 Å². The Morgan fingerprint density at radius 3 is 2.58 bits per heavy atom. The van der Waals surface area contributed by atoms with Gasteiger partial charge in [0, 0.05) is 23.7 Å². The van der Waals surface area contributed by atoms with Crippen LogP contribution in [0.4, 0.5) is 4.79 Å². The van der Waals surface area contributed by atoms with Crippen molar-refractivity contribution in [1.29, 1.82) is 0 Å². The van der Waals surface area contributed by atoms with Crippen LogP contribution in [0.15, 0.2) is 71.5 Å². The maximum Gasteiger partial charge on any atom is 0.408 e. The van der Waals surface area contributed by atoms with Gasteiger partial charge in [-0.15, -0.1) is 11.8 Å². The summed E-state index contributed by atoms with van der Waals surface area (Å²) >= 11 is 1.66. The highest BCUT2D eigenvalue weighted by Gasteiger charge is 2.19. The number of carbonyl (C=O) groups is 1. The number of nitrogens with one attached hydrogen (secondary N) is 2. The lowest BCUT2D eigenvalue weighted by Gasteiger charge is -2.24. The summed E-state index contributed by atoms with van der Waals surface area (Å²) in [5.41, 5.74) is 4.24. The molecule has 1 aliphatic heterocycles. The number of amidine groups is 1. The van der Waals surface area contributed by atoms with Crippen molar-refractivity contribution in [3.05, 3.63) is 72.0 Å². The zero-order chi connectivity index (χ0) is 22.4. The van der Waals surface area contributed by atoms with Crippen LogP contribution in [0.1, 0.15) is 33.3 Å². The molecule has 0 fully saturated rings. The molecule has 7 heteroatoms. The largest absolute Gasteiger partial charge is 0.444 e. The van der Waals surface area contributed by atoms with Crippen LogP contribution in [0.3, 0.4) is 0 Å². The number of amides is 1. The molecule has 1 aliphatic rings. The summed E-state index contributed by atoms with van der Waals surface area (Å²) in [6.45, 7) is 11.4. The van der Waals surface area contributed by atoms with E-state index in [1.54, 1.807) is 24.2 Å². The van der Waals surface area contributed by atoms with E-state index in [2.05, 4.69) is 39.7 Å². The number of hydrogen-bond acceptors (Lipinski definition) is 6. The molecular formula is C24H28N4O2S. The van der Waals surface area contributed by atoms with Gasteiger partial charge in [-0.25, -0.2) is 9.79 Å². The lowest BCUT2D eigenvalue weighted by molar-refractivity contribution is 0.0515. The normalized spacial score (nSPS) is 14.7. The number of carbonyl (C=O) groups excluding carboxylic acids is 1. The highest BCUT2D eigenvalue weighted by atomic mass is 32.2. The first-order valence-corrected chi connectivity index (χ1v) is 11.1. The van der Waals surface area contributed by atoms with Gasteiger partial charge in [0.05, 0.1) is 17.5 Å². The SMILES string of the molecule is C=C(NC1=NC(c2cccc(-c3ccncc3)c2)=CSC1)[C@H](C)NC(=O)OC(C)(C)C. The van der Waals surface area contributed by atoms with Crippen LogP contribution in [-0.2, 0) is 4.74 Å². The average Bonchev–Trinajstić information content (AvgIpc) is 2.73. The van der Waals surface area contributed by atoms with Crippen LogP contribution in [0, 0.1) is 0 Å². The van der Waals surface area contributed by atoms with Crippen molar-refractivity contribution in [3.8, 4) is 11.1 Å². The molecule has 1 amide bonds. The van der Waals surface area contributed by atoms with Crippen molar-refractivity contribution < 1.29 is 9.53 Å². The van der Waals surface area contributed by atoms with Crippen LogP contribution >= 0.6 is 11.8 Å². The van der Waals surface area contributed by atoms with E-state index in [9.17, 15) is 4.79 Å². The van der Waals surface area contributed by atoms with Gasteiger partial charge >= 0.3 is 6.09 Å². The molecule has 6 nitrogen and oxygen atoms in total. The number of hydrogen-bond donors (Lipinski definition) is 2. The van der Waals surface area contributed by atoms with Gasteiger partial charge in [0.15, 0.2) is 0 Å². The molecule has 162 valence electrons. The van der Waals surface area contributed by atoms with E-state index < -0.39 is 11.7 Å². The van der Waals surface area contributed by atoms with Crippen LogP contribution in [0.5, 0.6) is 0 Å². The monoisotopic (exact) mass is 436 g/mol. The predicted molar refractivity (Wildman–Crippen MR) is 129 cm³/mol. The lowest BCUT2D eigenvalue weighted by Crippen LogP contribution is -2.42. The first-order valence-electron chi connectivity index (χ1n) is 10.1. The first-order chi connectivity index (χ1) is 14.7. The van der Waals surface area contributed by atoms with Crippen molar-refractivity contribution in [2.45, 2.75) is 39.3 Å². The van der Waals surface area contributed by atoms with Crippen molar-refractivity contribution in [1.82, 2.24) is 15.6 Å². The van der Waals surface area contributed by atoms with Crippen LogP contribution in [0.25, 0.3) is 16.8 Å². The van der Waals surface area contributed by atoms with E-state index in [0.717, 1.165) is 28.2 Å². The van der Waals surface area contributed by atoms with Gasteiger partial charge in [0.25, 0.3) is 0 Å². The average molecular weight is 437 g/mol. The number of aromatic nitrogens is 1. The minimum atomic E-state index is -0.548. The Hall–Kier alpha value is -3.06. The van der Waals surface area contributed by atoms with Crippen LogP contribution in [0.2, 0.25) is 0 Å². The molecule has 0 saturated heterocycles.